The van der Waals surface area contributed by atoms with E-state index in [-0.39, 0.29) is 24.3 Å². The summed E-state index contributed by atoms with van der Waals surface area (Å²) >= 11 is 5.43. The lowest BCUT2D eigenvalue weighted by atomic mass is 10.0. The molecule has 0 aliphatic rings. The lowest BCUT2D eigenvalue weighted by molar-refractivity contribution is -0.143. The number of thiol groups is 1. The van der Waals surface area contributed by atoms with Crippen LogP contribution >= 0.6 is 24.4 Å². The van der Waals surface area contributed by atoms with E-state index >= 15 is 0 Å². The minimum Gasteiger partial charge on any atom is -0.508 e. The fraction of sp³-hybridized carbons (Fsp3) is 0.500. The highest BCUT2D eigenvalue weighted by atomic mass is 32.2. The first-order valence-electron chi connectivity index (χ1n) is 10.0. The third-order valence-corrected chi connectivity index (χ3v) is 5.62. The van der Waals surface area contributed by atoms with Gasteiger partial charge in [-0.1, -0.05) is 12.1 Å². The molecule has 184 valence electrons. The molecule has 4 atom stereocenters. The molecular formula is C20H30N4O7S2. The lowest BCUT2D eigenvalue weighted by Crippen LogP contribution is -2.58. The molecule has 0 aromatic heterocycles. The Morgan fingerprint density at radius 2 is 1.55 bits per heavy atom. The molecule has 4 unspecified atom stereocenters. The molecule has 13 heteroatoms. The molecule has 1 aromatic carbocycles. The summed E-state index contributed by atoms with van der Waals surface area (Å²) in [6.07, 6.45) is 2.06. The van der Waals surface area contributed by atoms with Gasteiger partial charge in [0.15, 0.2) is 0 Å². The lowest BCUT2D eigenvalue weighted by Gasteiger charge is -2.25. The number of thioether (sulfide) groups is 1. The minimum absolute atomic E-state index is 0.00961. The van der Waals surface area contributed by atoms with Gasteiger partial charge in [-0.2, -0.15) is 24.4 Å². The van der Waals surface area contributed by atoms with Crippen molar-refractivity contribution in [2.45, 2.75) is 37.0 Å². The number of aliphatic hydroxyl groups is 1. The summed E-state index contributed by atoms with van der Waals surface area (Å²) in [5, 5.41) is 35.1. The summed E-state index contributed by atoms with van der Waals surface area (Å²) in [6, 6.07) is 1.21. The molecule has 0 spiro atoms. The number of carbonyl (C=O) groups is 4. The second kappa shape index (κ2) is 14.6. The van der Waals surface area contributed by atoms with Gasteiger partial charge in [0.05, 0.1) is 12.6 Å². The molecule has 0 saturated carbocycles. The minimum atomic E-state index is -1.56. The molecule has 0 bridgehead atoms. The number of aromatic hydroxyl groups is 1. The normalized spacial score (nSPS) is 14.4. The van der Waals surface area contributed by atoms with E-state index in [0.717, 1.165) is 0 Å². The number of rotatable bonds is 14. The second-order valence-corrected chi connectivity index (χ2v) is 8.50. The quantitative estimate of drug-likeness (QED) is 0.140. The summed E-state index contributed by atoms with van der Waals surface area (Å²) in [4.78, 5) is 49.1. The first kappa shape index (κ1) is 28.6. The summed E-state index contributed by atoms with van der Waals surface area (Å²) in [7, 11) is 0. The third-order valence-electron chi connectivity index (χ3n) is 4.58. The summed E-state index contributed by atoms with van der Waals surface area (Å²) in [5.74, 6) is -2.88. The van der Waals surface area contributed by atoms with E-state index in [1.54, 1.807) is 12.1 Å². The Balaban J connectivity index is 3.08. The van der Waals surface area contributed by atoms with Crippen LogP contribution in [0.25, 0.3) is 0 Å². The topological polar surface area (TPSA) is 191 Å². The monoisotopic (exact) mass is 502 g/mol. The molecule has 3 amide bonds. The Kier molecular flexibility index (Phi) is 12.7. The Hall–Kier alpha value is -2.48. The first-order chi connectivity index (χ1) is 15.6. The Morgan fingerprint density at radius 1 is 1.00 bits per heavy atom. The molecule has 11 nitrogen and oxygen atoms in total. The van der Waals surface area contributed by atoms with Crippen molar-refractivity contribution in [3.63, 3.8) is 0 Å². The van der Waals surface area contributed by atoms with Gasteiger partial charge in [-0.25, -0.2) is 4.79 Å². The smallest absolute Gasteiger partial charge is 0.328 e. The predicted molar refractivity (Wildman–Crippen MR) is 127 cm³/mol. The third kappa shape index (κ3) is 9.90. The van der Waals surface area contributed by atoms with E-state index < -0.39 is 54.5 Å². The average Bonchev–Trinajstić information content (AvgIpc) is 2.79. The highest BCUT2D eigenvalue weighted by Crippen LogP contribution is 2.12. The van der Waals surface area contributed by atoms with Crippen molar-refractivity contribution in [2.24, 2.45) is 5.73 Å². The van der Waals surface area contributed by atoms with E-state index in [1.807, 2.05) is 6.26 Å². The standard InChI is InChI=1S/C20H30N4O7S2/c1-33-7-6-14(22-17(27)13(21)10-32)18(28)23-15(8-11-2-4-12(26)5-3-11)19(29)24-16(9-25)20(30)31/h2-5,13-16,25-26,32H,6-10,21H2,1H3,(H,22,27)(H,23,28)(H,24,29)(H,30,31). The molecule has 0 saturated heterocycles. The summed E-state index contributed by atoms with van der Waals surface area (Å²) in [6.45, 7) is -0.838. The maximum absolute atomic E-state index is 13.0. The Labute approximate surface area is 201 Å². The number of benzene rings is 1. The van der Waals surface area contributed by atoms with E-state index in [1.165, 1.54) is 23.9 Å². The maximum atomic E-state index is 13.0. The number of nitrogens with one attached hydrogen (secondary N) is 3. The van der Waals surface area contributed by atoms with Crippen molar-refractivity contribution < 1.29 is 34.5 Å². The van der Waals surface area contributed by atoms with Crippen LogP contribution in [0, 0.1) is 0 Å². The number of aliphatic carboxylic acids is 1. The zero-order valence-corrected chi connectivity index (χ0v) is 19.8. The van der Waals surface area contributed by atoms with Gasteiger partial charge in [0.25, 0.3) is 0 Å². The van der Waals surface area contributed by atoms with Crippen LogP contribution in [0.15, 0.2) is 24.3 Å². The number of phenolic OH excluding ortho intramolecular Hbond substituents is 1. The van der Waals surface area contributed by atoms with Crippen molar-refractivity contribution in [1.29, 1.82) is 0 Å². The van der Waals surface area contributed by atoms with Crippen LogP contribution in [0.3, 0.4) is 0 Å². The van der Waals surface area contributed by atoms with Gasteiger partial charge >= 0.3 is 5.97 Å². The fourth-order valence-electron chi connectivity index (χ4n) is 2.67. The summed E-state index contributed by atoms with van der Waals surface area (Å²) < 4.78 is 0. The number of carboxylic acid groups (broad SMARTS) is 1. The van der Waals surface area contributed by atoms with E-state index in [9.17, 15) is 29.4 Å². The second-order valence-electron chi connectivity index (χ2n) is 7.15. The van der Waals surface area contributed by atoms with Crippen LogP contribution in [0.5, 0.6) is 5.75 Å². The predicted octanol–water partition coefficient (Wildman–Crippen LogP) is -1.52. The van der Waals surface area contributed by atoms with Gasteiger partial charge in [-0.3, -0.25) is 14.4 Å². The highest BCUT2D eigenvalue weighted by molar-refractivity contribution is 7.98. The molecule has 0 radical (unpaired) electrons. The number of nitrogens with two attached hydrogens (primary N) is 1. The van der Waals surface area contributed by atoms with Gasteiger partial charge in [-0.15, -0.1) is 0 Å². The number of phenols is 1. The zero-order valence-electron chi connectivity index (χ0n) is 18.1. The van der Waals surface area contributed by atoms with Crippen LogP contribution in [0.4, 0.5) is 0 Å². The molecule has 0 aliphatic heterocycles. The zero-order chi connectivity index (χ0) is 25.0. The number of amides is 3. The molecule has 1 aromatic rings. The number of carbonyl (C=O) groups excluding carboxylic acids is 3. The van der Waals surface area contributed by atoms with Crippen molar-refractivity contribution in [3.05, 3.63) is 29.8 Å². The van der Waals surface area contributed by atoms with Crippen molar-refractivity contribution in [1.82, 2.24) is 16.0 Å². The molecule has 33 heavy (non-hydrogen) atoms. The van der Waals surface area contributed by atoms with Gasteiger partial charge in [-0.05, 0) is 36.1 Å². The number of carboxylic acids is 1. The molecule has 0 aliphatic carbocycles. The van der Waals surface area contributed by atoms with E-state index in [2.05, 4.69) is 28.6 Å². The van der Waals surface area contributed by atoms with Crippen molar-refractivity contribution in [3.8, 4) is 5.75 Å². The van der Waals surface area contributed by atoms with Crippen LogP contribution in [0.1, 0.15) is 12.0 Å². The fourth-order valence-corrected chi connectivity index (χ4v) is 3.31. The van der Waals surface area contributed by atoms with Gasteiger partial charge in [0.2, 0.25) is 17.7 Å². The molecule has 1 rings (SSSR count). The Morgan fingerprint density at radius 3 is 2.06 bits per heavy atom. The van der Waals surface area contributed by atoms with Crippen molar-refractivity contribution in [2.75, 3.05) is 24.4 Å². The summed E-state index contributed by atoms with van der Waals surface area (Å²) in [5.41, 5.74) is 6.24. The molecule has 0 heterocycles. The number of aliphatic hydroxyl groups excluding tert-OH is 1. The number of hydrogen-bond donors (Lipinski definition) is 8. The highest BCUT2D eigenvalue weighted by Gasteiger charge is 2.30. The average molecular weight is 503 g/mol. The van der Waals surface area contributed by atoms with Crippen molar-refractivity contribution >= 4 is 48.1 Å². The molecular weight excluding hydrogens is 472 g/mol. The first-order valence-corrected chi connectivity index (χ1v) is 12.0. The largest absolute Gasteiger partial charge is 0.508 e. The Bertz CT molecular complexity index is 810. The van der Waals surface area contributed by atoms with Gasteiger partial charge in [0.1, 0.15) is 23.9 Å². The van der Waals surface area contributed by atoms with Crippen LogP contribution in [0.2, 0.25) is 0 Å². The van der Waals surface area contributed by atoms with Gasteiger partial charge in [0, 0.05) is 12.2 Å². The SMILES string of the molecule is CSCCC(NC(=O)C(N)CS)C(=O)NC(Cc1ccc(O)cc1)C(=O)NC(CO)C(=O)O. The molecule has 8 N–H and O–H groups in total. The van der Waals surface area contributed by atoms with E-state index in [0.29, 0.717) is 11.3 Å². The maximum Gasteiger partial charge on any atom is 0.328 e. The van der Waals surface area contributed by atoms with Gasteiger partial charge < -0.3 is 37.0 Å². The van der Waals surface area contributed by atoms with Crippen LogP contribution in [-0.4, -0.2) is 87.5 Å². The van der Waals surface area contributed by atoms with E-state index in [4.69, 9.17) is 10.8 Å². The van der Waals surface area contributed by atoms with Crippen LogP contribution < -0.4 is 21.7 Å². The molecule has 0 fully saturated rings. The number of hydrogen-bond acceptors (Lipinski definition) is 9. The van der Waals surface area contributed by atoms with Crippen LogP contribution in [-0.2, 0) is 25.6 Å².